The van der Waals surface area contributed by atoms with Gasteiger partial charge in [-0.25, -0.2) is 18.4 Å². The number of piperidine rings is 1. The Morgan fingerprint density at radius 3 is 2.35 bits per heavy atom. The van der Waals surface area contributed by atoms with E-state index in [1.54, 1.807) is 23.4 Å². The predicted octanol–water partition coefficient (Wildman–Crippen LogP) is 4.10. The maximum Gasteiger partial charge on any atom is 0.276 e. The number of aromatic nitrogens is 5. The van der Waals surface area contributed by atoms with E-state index in [0.717, 1.165) is 35.9 Å². The number of nitrogens with two attached hydrogens (primary N) is 1. The van der Waals surface area contributed by atoms with Gasteiger partial charge >= 0.3 is 0 Å². The van der Waals surface area contributed by atoms with Gasteiger partial charge in [-0.3, -0.25) is 9.78 Å². The first-order chi connectivity index (χ1) is 20.7. The molecule has 12 heteroatoms. The van der Waals surface area contributed by atoms with Crippen LogP contribution in [-0.4, -0.2) is 67.2 Å². The average Bonchev–Trinajstić information content (AvgIpc) is 3.55. The Labute approximate surface area is 248 Å². The number of hydrogen-bond acceptors (Lipinski definition) is 9. The van der Waals surface area contributed by atoms with Crippen LogP contribution in [0.5, 0.6) is 5.75 Å². The highest BCUT2D eigenvalue weighted by Gasteiger charge is 2.46. The number of hydrogen-bond donors (Lipinski definition) is 2. The number of carbonyl (C=O) groups is 1. The highest BCUT2D eigenvalue weighted by molar-refractivity contribution is 7.91. The van der Waals surface area contributed by atoms with Crippen molar-refractivity contribution in [3.05, 3.63) is 84.6 Å². The number of carbonyl (C=O) groups excluding carboxylic acids is 1. The van der Waals surface area contributed by atoms with E-state index >= 15 is 0 Å². The lowest BCUT2D eigenvalue weighted by atomic mass is 9.87. The molecule has 2 aliphatic heterocycles. The van der Waals surface area contributed by atoms with Crippen LogP contribution >= 0.6 is 0 Å². The SMILES string of the molecule is CS(=O)(=O)c1c(C2CC3CCC(C2)N3C(=O)c2ncccc2O)nc2c(-c3ccc(-c4ccccc4)nc3)cnn2c1N. The van der Waals surface area contributed by atoms with Crippen molar-refractivity contribution in [2.75, 3.05) is 12.0 Å². The Kier molecular flexibility index (Phi) is 6.38. The lowest BCUT2D eigenvalue weighted by molar-refractivity contribution is 0.0559. The number of benzene rings is 1. The quantitative estimate of drug-likeness (QED) is 0.305. The third-order valence-corrected chi connectivity index (χ3v) is 9.68. The maximum absolute atomic E-state index is 13.4. The van der Waals surface area contributed by atoms with Crippen LogP contribution in [0.2, 0.25) is 0 Å². The van der Waals surface area contributed by atoms with E-state index in [1.165, 1.54) is 16.8 Å². The van der Waals surface area contributed by atoms with Crippen LogP contribution in [-0.2, 0) is 9.84 Å². The Bertz CT molecular complexity index is 1960. The summed E-state index contributed by atoms with van der Waals surface area (Å²) in [7, 11) is -3.77. The molecule has 6 heterocycles. The topological polar surface area (TPSA) is 157 Å². The fourth-order valence-corrected chi connectivity index (χ4v) is 7.69. The van der Waals surface area contributed by atoms with Crippen molar-refractivity contribution in [1.82, 2.24) is 29.5 Å². The molecule has 0 aliphatic carbocycles. The highest BCUT2D eigenvalue weighted by atomic mass is 32.2. The van der Waals surface area contributed by atoms with Gasteiger partial charge in [0.05, 0.1) is 17.6 Å². The third kappa shape index (κ3) is 4.58. The second-order valence-corrected chi connectivity index (χ2v) is 13.2. The van der Waals surface area contributed by atoms with Crippen molar-refractivity contribution in [1.29, 1.82) is 0 Å². The van der Waals surface area contributed by atoms with Gasteiger partial charge < -0.3 is 15.7 Å². The molecule has 43 heavy (non-hydrogen) atoms. The minimum Gasteiger partial charge on any atom is -0.505 e. The van der Waals surface area contributed by atoms with Crippen molar-refractivity contribution in [2.45, 2.75) is 48.6 Å². The number of anilines is 1. The molecule has 0 spiro atoms. The fourth-order valence-electron chi connectivity index (χ4n) is 6.63. The minimum atomic E-state index is -3.77. The smallest absolute Gasteiger partial charge is 0.276 e. The molecule has 4 aromatic heterocycles. The van der Waals surface area contributed by atoms with E-state index in [1.807, 2.05) is 42.5 Å². The Balaban J connectivity index is 1.27. The van der Waals surface area contributed by atoms with Gasteiger partial charge in [0.25, 0.3) is 5.91 Å². The summed E-state index contributed by atoms with van der Waals surface area (Å²) < 4.78 is 27.6. The maximum atomic E-state index is 13.4. The number of aromatic hydroxyl groups is 1. The average molecular weight is 596 g/mol. The molecule has 2 atom stereocenters. The summed E-state index contributed by atoms with van der Waals surface area (Å²) in [4.78, 5) is 28.9. The highest BCUT2D eigenvalue weighted by Crippen LogP contribution is 2.46. The second-order valence-electron chi connectivity index (χ2n) is 11.2. The molecule has 2 unspecified atom stereocenters. The van der Waals surface area contributed by atoms with Gasteiger partial charge in [0.2, 0.25) is 0 Å². The number of nitrogen functional groups attached to an aromatic ring is 1. The number of sulfone groups is 1. The zero-order valence-corrected chi connectivity index (χ0v) is 24.1. The molecule has 218 valence electrons. The molecular weight excluding hydrogens is 566 g/mol. The van der Waals surface area contributed by atoms with Crippen molar-refractivity contribution >= 4 is 27.2 Å². The summed E-state index contributed by atoms with van der Waals surface area (Å²) in [5, 5.41) is 14.7. The normalized spacial score (nSPS) is 20.0. The van der Waals surface area contributed by atoms with Gasteiger partial charge in [-0.05, 0) is 43.9 Å². The Morgan fingerprint density at radius 1 is 0.953 bits per heavy atom. The van der Waals surface area contributed by atoms with Crippen molar-refractivity contribution in [2.24, 2.45) is 0 Å². The van der Waals surface area contributed by atoms with E-state index in [0.29, 0.717) is 29.7 Å². The molecular formula is C31H29N7O4S. The molecule has 2 bridgehead atoms. The molecule has 11 nitrogen and oxygen atoms in total. The van der Waals surface area contributed by atoms with Crippen LogP contribution in [0.1, 0.15) is 47.8 Å². The Hall–Kier alpha value is -4.84. The van der Waals surface area contributed by atoms with Gasteiger partial charge in [-0.1, -0.05) is 36.4 Å². The summed E-state index contributed by atoms with van der Waals surface area (Å²) in [6.45, 7) is 0. The summed E-state index contributed by atoms with van der Waals surface area (Å²) in [6.07, 6.45) is 8.54. The largest absolute Gasteiger partial charge is 0.505 e. The molecule has 2 fully saturated rings. The third-order valence-electron chi connectivity index (χ3n) is 8.52. The first-order valence-electron chi connectivity index (χ1n) is 14.1. The lowest BCUT2D eigenvalue weighted by Crippen LogP contribution is -2.46. The van der Waals surface area contributed by atoms with Crippen molar-refractivity contribution in [3.8, 4) is 28.1 Å². The zero-order valence-electron chi connectivity index (χ0n) is 23.3. The van der Waals surface area contributed by atoms with E-state index in [-0.39, 0.29) is 46.1 Å². The molecule has 5 aromatic rings. The molecule has 0 radical (unpaired) electrons. The number of rotatable bonds is 5. The van der Waals surface area contributed by atoms with Crippen LogP contribution in [0.3, 0.4) is 0 Å². The van der Waals surface area contributed by atoms with E-state index < -0.39 is 9.84 Å². The van der Waals surface area contributed by atoms with Gasteiger partial charge in [0.1, 0.15) is 16.5 Å². The second kappa shape index (κ2) is 10.2. The van der Waals surface area contributed by atoms with Gasteiger partial charge in [-0.15, -0.1) is 0 Å². The van der Waals surface area contributed by atoms with E-state index in [9.17, 15) is 18.3 Å². The molecule has 1 aromatic carbocycles. The van der Waals surface area contributed by atoms with E-state index in [4.69, 9.17) is 10.7 Å². The standard InChI is InChI=1S/C31H29N7O4S/c1-43(41,42)28-26(20-14-21-10-11-22(15-20)37(21)31(40)27-25(39)8-5-13-33-27)36-30-23(17-35-38(30)29(28)32)19-9-12-24(34-16-19)18-6-3-2-4-7-18/h2-9,12-13,16-17,20-22,39H,10-11,14-15,32H2,1H3. The summed E-state index contributed by atoms with van der Waals surface area (Å²) in [5.74, 6) is -0.725. The monoisotopic (exact) mass is 595 g/mol. The Morgan fingerprint density at radius 2 is 1.70 bits per heavy atom. The molecule has 2 aliphatic rings. The van der Waals surface area contributed by atoms with Crippen molar-refractivity contribution in [3.63, 3.8) is 0 Å². The van der Waals surface area contributed by atoms with Gasteiger partial charge in [0.15, 0.2) is 21.2 Å². The van der Waals surface area contributed by atoms with Crippen molar-refractivity contribution < 1.29 is 18.3 Å². The number of nitrogens with zero attached hydrogens (tertiary/aromatic N) is 6. The molecule has 0 saturated carbocycles. The van der Waals surface area contributed by atoms with Crippen LogP contribution in [0.15, 0.2) is 78.1 Å². The summed E-state index contributed by atoms with van der Waals surface area (Å²) in [5.41, 5.74) is 10.7. The van der Waals surface area contributed by atoms with Crippen LogP contribution in [0.25, 0.3) is 28.0 Å². The summed E-state index contributed by atoms with van der Waals surface area (Å²) in [6, 6.07) is 16.4. The fraction of sp³-hybridized carbons (Fsp3) is 0.258. The first-order valence-corrected chi connectivity index (χ1v) is 16.0. The minimum absolute atomic E-state index is 0.00637. The number of fused-ring (bicyclic) bond motifs is 3. The van der Waals surface area contributed by atoms with Gasteiger partial charge in [0, 0.05) is 53.3 Å². The van der Waals surface area contributed by atoms with Crippen LogP contribution in [0, 0.1) is 0 Å². The zero-order chi connectivity index (χ0) is 29.9. The lowest BCUT2D eigenvalue weighted by Gasteiger charge is -2.39. The van der Waals surface area contributed by atoms with E-state index in [2.05, 4.69) is 15.1 Å². The summed E-state index contributed by atoms with van der Waals surface area (Å²) >= 11 is 0. The molecule has 3 N–H and O–H groups in total. The van der Waals surface area contributed by atoms with Crippen LogP contribution < -0.4 is 5.73 Å². The number of amides is 1. The predicted molar refractivity (Wildman–Crippen MR) is 160 cm³/mol. The molecule has 7 rings (SSSR count). The van der Waals surface area contributed by atoms with Crippen LogP contribution in [0.4, 0.5) is 5.82 Å². The molecule has 1 amide bonds. The van der Waals surface area contributed by atoms with Gasteiger partial charge in [-0.2, -0.15) is 9.61 Å². The number of pyridine rings is 2. The first kappa shape index (κ1) is 27.0. The molecule has 2 saturated heterocycles.